The molecule has 50 heavy (non-hydrogen) atoms. The number of methoxy groups -OCH3 is 1. The van der Waals surface area contributed by atoms with E-state index in [4.69, 9.17) is 9.47 Å². The van der Waals surface area contributed by atoms with Gasteiger partial charge in [-0.05, 0) is 60.2 Å². The van der Waals surface area contributed by atoms with Gasteiger partial charge in [-0.3, -0.25) is 4.79 Å². The molecule has 0 spiro atoms. The van der Waals surface area contributed by atoms with Gasteiger partial charge in [0.15, 0.2) is 0 Å². The van der Waals surface area contributed by atoms with Crippen molar-refractivity contribution < 1.29 is 32.2 Å². The average molecular weight is 686 g/mol. The van der Waals surface area contributed by atoms with Crippen LogP contribution in [0.15, 0.2) is 97.1 Å². The van der Waals surface area contributed by atoms with Gasteiger partial charge in [-0.2, -0.15) is 13.2 Å². The van der Waals surface area contributed by atoms with Crippen LogP contribution in [-0.2, 0) is 26.9 Å². The Labute approximate surface area is 287 Å². The van der Waals surface area contributed by atoms with Gasteiger partial charge in [0.05, 0.1) is 42.5 Å². The summed E-state index contributed by atoms with van der Waals surface area (Å²) in [6.45, 7) is 2.41. The van der Waals surface area contributed by atoms with Crippen LogP contribution in [0.3, 0.4) is 0 Å². The van der Waals surface area contributed by atoms with Gasteiger partial charge in [-0.25, -0.2) is 9.78 Å². The fourth-order valence-corrected chi connectivity index (χ4v) is 6.39. The van der Waals surface area contributed by atoms with Crippen molar-refractivity contribution in [1.29, 1.82) is 0 Å². The number of ether oxygens (including phenoxy) is 2. The maximum atomic E-state index is 14.1. The van der Waals surface area contributed by atoms with E-state index in [2.05, 4.69) is 25.9 Å². The lowest BCUT2D eigenvalue weighted by atomic mass is 9.84. The summed E-state index contributed by atoms with van der Waals surface area (Å²) < 4.78 is 51.1. The summed E-state index contributed by atoms with van der Waals surface area (Å²) in [7, 11) is 1.26. The number of alkyl halides is 3. The van der Waals surface area contributed by atoms with Crippen LogP contribution in [-0.4, -0.2) is 54.4 Å². The first-order chi connectivity index (χ1) is 24.1. The highest BCUT2D eigenvalue weighted by Gasteiger charge is 2.34. The number of aryl methyl sites for hydroxylation is 2. The smallest absolute Gasteiger partial charge is 0.416 e. The number of aromatic nitrogens is 2. The first-order valence-corrected chi connectivity index (χ1v) is 16.4. The number of imidazole rings is 1. The molecule has 1 aliphatic rings. The molecule has 1 fully saturated rings. The molecule has 12 heteroatoms. The number of hydrogen-bond acceptors (Lipinski definition) is 6. The predicted molar refractivity (Wildman–Crippen MR) is 184 cm³/mol. The van der Waals surface area contributed by atoms with Crippen LogP contribution in [0.1, 0.15) is 52.0 Å². The third-order valence-corrected chi connectivity index (χ3v) is 8.95. The number of para-hydroxylation sites is 1. The van der Waals surface area contributed by atoms with Gasteiger partial charge in [-0.1, -0.05) is 78.9 Å². The molecule has 0 saturated carbocycles. The second-order valence-corrected chi connectivity index (χ2v) is 12.3. The molecule has 0 radical (unpaired) electrons. The number of alkyl carbamates (subject to hydrolysis) is 1. The molecular formula is C38H38F3N5O4. The molecule has 2 amide bonds. The van der Waals surface area contributed by atoms with E-state index in [0.717, 1.165) is 28.8 Å². The summed E-state index contributed by atoms with van der Waals surface area (Å²) >= 11 is 0. The van der Waals surface area contributed by atoms with Gasteiger partial charge < -0.3 is 30.4 Å². The number of halogens is 3. The number of hydrogen-bond donors (Lipinski definition) is 4. The fraction of sp³-hybridized carbons (Fsp3) is 0.289. The zero-order chi connectivity index (χ0) is 35.3. The van der Waals surface area contributed by atoms with Crippen molar-refractivity contribution in [1.82, 2.24) is 20.6 Å². The van der Waals surface area contributed by atoms with E-state index in [9.17, 15) is 22.8 Å². The lowest BCUT2D eigenvalue weighted by Crippen LogP contribution is -2.48. The molecule has 0 aliphatic carbocycles. The number of fused-ring (bicyclic) bond motifs is 1. The van der Waals surface area contributed by atoms with Crippen LogP contribution in [0.4, 0.5) is 23.7 Å². The Balaban J connectivity index is 1.13. The Hall–Kier alpha value is -5.20. The molecule has 6 rings (SSSR count). The van der Waals surface area contributed by atoms with E-state index in [-0.39, 0.29) is 18.8 Å². The van der Waals surface area contributed by atoms with Gasteiger partial charge in [0.1, 0.15) is 11.9 Å². The van der Waals surface area contributed by atoms with Crippen LogP contribution in [0.5, 0.6) is 0 Å². The van der Waals surface area contributed by atoms with Gasteiger partial charge >= 0.3 is 12.3 Å². The van der Waals surface area contributed by atoms with Gasteiger partial charge in [0, 0.05) is 18.2 Å². The minimum absolute atomic E-state index is 0.146. The Bertz CT molecular complexity index is 1890. The van der Waals surface area contributed by atoms with E-state index < -0.39 is 35.7 Å². The van der Waals surface area contributed by atoms with Crippen molar-refractivity contribution >= 4 is 28.7 Å². The SMILES string of the molecule is COC(=O)N[C@H](C(=O)Nc1ccccc1CC[C@@H]1CN[C@H](c2nc3c(C)cc(C(F)(F)F)cc3[nH]2)CO1)C(c1ccccc1)c1ccccc1. The maximum absolute atomic E-state index is 14.1. The highest BCUT2D eigenvalue weighted by Crippen LogP contribution is 2.34. The van der Waals surface area contributed by atoms with Crippen molar-refractivity contribution in [3.63, 3.8) is 0 Å². The fourth-order valence-electron chi connectivity index (χ4n) is 6.39. The molecule has 0 bridgehead atoms. The Morgan fingerprint density at radius 3 is 2.26 bits per heavy atom. The first kappa shape index (κ1) is 34.7. The third kappa shape index (κ3) is 7.98. The monoisotopic (exact) mass is 685 g/mol. The summed E-state index contributed by atoms with van der Waals surface area (Å²) in [6, 6.07) is 27.4. The molecule has 0 unspecified atom stereocenters. The molecule has 2 heterocycles. The molecule has 3 atom stereocenters. The molecule has 260 valence electrons. The van der Waals surface area contributed by atoms with E-state index in [0.29, 0.717) is 47.5 Å². The normalized spacial score (nSPS) is 17.0. The summed E-state index contributed by atoms with van der Waals surface area (Å²) in [5.74, 6) is -0.378. The Kier molecular flexibility index (Phi) is 10.5. The van der Waals surface area contributed by atoms with Crippen molar-refractivity contribution in [3.05, 3.63) is 131 Å². The minimum atomic E-state index is -4.44. The highest BCUT2D eigenvalue weighted by atomic mass is 19.4. The number of nitrogens with zero attached hydrogens (tertiary/aromatic N) is 1. The number of carbonyl (C=O) groups is 2. The number of carbonyl (C=O) groups excluding carboxylic acids is 2. The van der Waals surface area contributed by atoms with E-state index in [1.54, 1.807) is 6.92 Å². The van der Waals surface area contributed by atoms with Crippen molar-refractivity contribution in [2.24, 2.45) is 0 Å². The summed E-state index contributed by atoms with van der Waals surface area (Å²) in [5, 5.41) is 9.24. The number of anilines is 1. The van der Waals surface area contributed by atoms with Crippen LogP contribution < -0.4 is 16.0 Å². The topological polar surface area (TPSA) is 117 Å². The van der Waals surface area contributed by atoms with Crippen LogP contribution in [0.2, 0.25) is 0 Å². The second-order valence-electron chi connectivity index (χ2n) is 12.3. The Morgan fingerprint density at radius 2 is 1.64 bits per heavy atom. The molecule has 1 aliphatic heterocycles. The van der Waals surface area contributed by atoms with Crippen LogP contribution in [0, 0.1) is 6.92 Å². The highest BCUT2D eigenvalue weighted by molar-refractivity contribution is 5.98. The van der Waals surface area contributed by atoms with E-state index >= 15 is 0 Å². The first-order valence-electron chi connectivity index (χ1n) is 16.4. The summed E-state index contributed by atoms with van der Waals surface area (Å²) in [6.07, 6.45) is -4.08. The van der Waals surface area contributed by atoms with E-state index in [1.165, 1.54) is 7.11 Å². The number of amides is 2. The van der Waals surface area contributed by atoms with Gasteiger partial charge in [0.2, 0.25) is 5.91 Å². The quantitative estimate of drug-likeness (QED) is 0.125. The third-order valence-electron chi connectivity index (χ3n) is 8.95. The molecule has 1 saturated heterocycles. The molecule has 5 aromatic rings. The second kappa shape index (κ2) is 15.1. The van der Waals surface area contributed by atoms with Crippen molar-refractivity contribution in [3.8, 4) is 0 Å². The molecule has 4 aromatic carbocycles. The number of morpholine rings is 1. The van der Waals surface area contributed by atoms with Gasteiger partial charge in [0.25, 0.3) is 0 Å². The standard InChI is InChI=1S/C38H38F3N5O4/c1-23-19-27(38(39,40)41)20-30-33(23)45-35(43-30)31-22-50-28(21-42-31)18-17-24-11-9-10-16-29(24)44-36(47)34(46-37(48)49-2)32(25-12-5-3-6-13-25)26-14-7-4-8-15-26/h3-16,19-20,28,31-32,34,42H,17-18,21-22H2,1-2H3,(H,43,45)(H,44,47)(H,46,48)/t28-,31+,34+/m1/s1. The largest absolute Gasteiger partial charge is 0.453 e. The predicted octanol–water partition coefficient (Wildman–Crippen LogP) is 7.05. The number of nitrogens with one attached hydrogen (secondary N) is 4. The number of aromatic amines is 1. The molecule has 9 nitrogen and oxygen atoms in total. The van der Waals surface area contributed by atoms with Crippen molar-refractivity contribution in [2.75, 3.05) is 25.6 Å². The molecule has 4 N–H and O–H groups in total. The van der Waals surface area contributed by atoms with Crippen LogP contribution >= 0.6 is 0 Å². The zero-order valence-corrected chi connectivity index (χ0v) is 27.6. The summed E-state index contributed by atoms with van der Waals surface area (Å²) in [4.78, 5) is 34.2. The molecular weight excluding hydrogens is 647 g/mol. The number of rotatable bonds is 10. The maximum Gasteiger partial charge on any atom is 0.416 e. The zero-order valence-electron chi connectivity index (χ0n) is 27.6. The average Bonchev–Trinajstić information content (AvgIpc) is 3.57. The van der Waals surface area contributed by atoms with Crippen molar-refractivity contribution in [2.45, 2.75) is 50.0 Å². The molecule has 1 aromatic heterocycles. The van der Waals surface area contributed by atoms with Crippen LogP contribution in [0.25, 0.3) is 11.0 Å². The summed E-state index contributed by atoms with van der Waals surface area (Å²) in [5.41, 5.74) is 3.78. The lowest BCUT2D eigenvalue weighted by Gasteiger charge is -2.30. The minimum Gasteiger partial charge on any atom is -0.453 e. The Morgan fingerprint density at radius 1 is 0.980 bits per heavy atom. The van der Waals surface area contributed by atoms with Gasteiger partial charge in [-0.15, -0.1) is 0 Å². The number of benzene rings is 4. The van der Waals surface area contributed by atoms with E-state index in [1.807, 2.05) is 84.9 Å². The lowest BCUT2D eigenvalue weighted by molar-refractivity contribution is -0.137. The number of H-pyrrole nitrogens is 1.